The lowest BCUT2D eigenvalue weighted by Gasteiger charge is -2.25. The third-order valence-corrected chi connectivity index (χ3v) is 12.7. The zero-order valence-electron chi connectivity index (χ0n) is 32.7. The van der Waals surface area contributed by atoms with Gasteiger partial charge in [-0.15, -0.1) is 0 Å². The van der Waals surface area contributed by atoms with Gasteiger partial charge in [0.2, 0.25) is 0 Å². The summed E-state index contributed by atoms with van der Waals surface area (Å²) in [5.41, 5.74) is 18.5. The Morgan fingerprint density at radius 2 is 1.05 bits per heavy atom. The summed E-state index contributed by atoms with van der Waals surface area (Å²) >= 11 is 0. The zero-order chi connectivity index (χ0) is 45.4. The summed E-state index contributed by atoms with van der Waals surface area (Å²) in [4.78, 5) is 58.5. The first-order valence-corrected chi connectivity index (χ1v) is 21.9. The molecule has 0 bridgehead atoms. The van der Waals surface area contributed by atoms with Crippen molar-refractivity contribution in [3.8, 4) is 0 Å². The highest BCUT2D eigenvalue weighted by Gasteiger charge is 2.53. The van der Waals surface area contributed by atoms with Crippen LogP contribution in [-0.2, 0) is 41.4 Å². The Bertz CT molecular complexity index is 2800. The van der Waals surface area contributed by atoms with Crippen molar-refractivity contribution in [2.24, 2.45) is 0 Å². The van der Waals surface area contributed by atoms with Gasteiger partial charge in [0.15, 0.2) is 58.6 Å². The summed E-state index contributed by atoms with van der Waals surface area (Å²) in [5, 5.41) is 54.2. The van der Waals surface area contributed by atoms with Gasteiger partial charge >= 0.3 is 15.6 Å². The fraction of sp³-hybridized carbons (Fsp3) is 0.516. The lowest BCUT2D eigenvalue weighted by Crippen LogP contribution is -2.37. The number of aromatic nitrogens is 12. The third kappa shape index (κ3) is 7.82. The van der Waals surface area contributed by atoms with Crippen LogP contribution in [0, 0.1) is 6.92 Å². The molecule has 6 aromatic heterocycles. The number of rotatable bonds is 14. The van der Waals surface area contributed by atoms with Crippen LogP contribution in [0.3, 0.4) is 0 Å². The van der Waals surface area contributed by atoms with Crippen molar-refractivity contribution in [2.45, 2.75) is 80.5 Å². The van der Waals surface area contributed by atoms with E-state index in [0.29, 0.717) is 0 Å². The molecule has 0 aromatic carbocycles. The molecule has 3 aliphatic heterocycles. The van der Waals surface area contributed by atoms with Gasteiger partial charge in [0.1, 0.15) is 90.8 Å². The predicted octanol–water partition coefficient (Wildman–Crippen LogP) is -3.31. The minimum Gasteiger partial charge on any atom is -0.394 e. The summed E-state index contributed by atoms with van der Waals surface area (Å²) in [6.45, 7) is -0.968. The molecule has 0 amide bonds. The lowest BCUT2D eigenvalue weighted by atomic mass is 10.1. The molecule has 0 spiro atoms. The number of anilines is 3. The van der Waals surface area contributed by atoms with Crippen LogP contribution in [0.15, 0.2) is 31.6 Å². The van der Waals surface area contributed by atoms with E-state index in [4.69, 9.17) is 49.5 Å². The molecule has 344 valence electrons. The van der Waals surface area contributed by atoms with E-state index in [-0.39, 0.29) is 56.8 Å². The summed E-state index contributed by atoms with van der Waals surface area (Å²) < 4.78 is 69.8. The average molecular weight is 940 g/mol. The molecule has 64 heavy (non-hydrogen) atoms. The molecule has 9 heterocycles. The summed E-state index contributed by atoms with van der Waals surface area (Å²) in [6, 6.07) is 0. The molecule has 14 atom stereocenters. The number of phosphoric acid groups is 2. The van der Waals surface area contributed by atoms with Crippen LogP contribution in [0.4, 0.5) is 17.5 Å². The number of hydrogen-bond acceptors (Lipinski definition) is 26. The molecule has 0 saturated carbocycles. The second-order valence-electron chi connectivity index (χ2n) is 14.6. The van der Waals surface area contributed by atoms with Gasteiger partial charge < -0.3 is 66.7 Å². The van der Waals surface area contributed by atoms with Gasteiger partial charge in [0, 0.05) is 0 Å². The standard InChI is InChI=1S/C31H39N15O16P2/c1-10-43-16-25(34)37-7-40-28(16)46(10)29-20(51)17(48)12(59-29)3-56-63(52,53)62-22-19(50)13(60-31(22)45-9-42-15-24(33)36-6-39-27(15)45)4-57-64(54,55)61-21-18(49)11(2-47)58-30(21)44-8-41-14-23(32)35-5-38-26(14)44/h5-9,11-13,17-22,29-31,47-51H,2-4H2,1H3,(H,52,53)(H,54,55)(H2,32,35,38)(H2,33,36,39)(H2,34,37,40)/t11-,12-,13-,17-,18-,19-,20-,21-,22-,29-,30-,31-/m1/s1. The van der Waals surface area contributed by atoms with Crippen LogP contribution < -0.4 is 17.2 Å². The van der Waals surface area contributed by atoms with Crippen molar-refractivity contribution in [1.82, 2.24) is 58.6 Å². The topological polar surface area (TPSA) is 449 Å². The number of ether oxygens (including phenoxy) is 3. The Labute approximate surface area is 356 Å². The molecular weight excluding hydrogens is 900 g/mol. The van der Waals surface area contributed by atoms with Gasteiger partial charge in [0.05, 0.1) is 32.5 Å². The highest BCUT2D eigenvalue weighted by atomic mass is 31.2. The minimum absolute atomic E-state index is 0.00193. The van der Waals surface area contributed by atoms with Gasteiger partial charge in [-0.1, -0.05) is 0 Å². The van der Waals surface area contributed by atoms with E-state index in [1.165, 1.54) is 26.4 Å². The molecule has 33 heteroatoms. The van der Waals surface area contributed by atoms with Crippen LogP contribution in [0.2, 0.25) is 0 Å². The Kier molecular flexibility index (Phi) is 11.6. The fourth-order valence-corrected chi connectivity index (χ4v) is 9.50. The summed E-state index contributed by atoms with van der Waals surface area (Å²) in [7, 11) is -10.6. The molecular formula is C31H39N15O16P2. The Morgan fingerprint density at radius 3 is 1.56 bits per heavy atom. The van der Waals surface area contributed by atoms with Crippen LogP contribution in [0.5, 0.6) is 0 Å². The third-order valence-electron chi connectivity index (χ3n) is 10.7. The number of nitrogens with two attached hydrogens (primary N) is 3. The van der Waals surface area contributed by atoms with Gasteiger partial charge in [-0.2, -0.15) is 0 Å². The first kappa shape index (κ1) is 44.2. The number of nitrogens with zero attached hydrogens (tertiary/aromatic N) is 12. The maximum Gasteiger partial charge on any atom is 0.472 e. The van der Waals surface area contributed by atoms with Gasteiger partial charge in [-0.3, -0.25) is 31.8 Å². The lowest BCUT2D eigenvalue weighted by molar-refractivity contribution is -0.0646. The second-order valence-corrected chi connectivity index (χ2v) is 17.4. The Balaban J connectivity index is 0.916. The SMILES string of the molecule is Cc1nc2c(N)ncnc2n1[C@@H]1O[C@H](COP(=O)(O)O[C@@H]2[C@H](O)[C@@H](COP(=O)(O)O[C@@H]3[C@H](O)[C@@H](CO)O[C@H]3n3cnc4c(N)ncnc43)O[C@H]2n2cnc3c(N)ncnc32)[C@@H](O)[C@H]1O. The molecule has 13 N–H and O–H groups in total. The van der Waals surface area contributed by atoms with Crippen LogP contribution >= 0.6 is 15.6 Å². The summed E-state index contributed by atoms with van der Waals surface area (Å²) in [5.74, 6) is 0.281. The number of hydrogen-bond donors (Lipinski definition) is 10. The fourth-order valence-electron chi connectivity index (χ4n) is 7.64. The van der Waals surface area contributed by atoms with E-state index in [9.17, 15) is 44.4 Å². The van der Waals surface area contributed by atoms with E-state index in [1.807, 2.05) is 0 Å². The van der Waals surface area contributed by atoms with E-state index < -0.39 is 109 Å². The number of fused-ring (bicyclic) bond motifs is 3. The highest BCUT2D eigenvalue weighted by molar-refractivity contribution is 7.47. The van der Waals surface area contributed by atoms with Crippen LogP contribution in [0.1, 0.15) is 24.5 Å². The monoisotopic (exact) mass is 939 g/mol. The van der Waals surface area contributed by atoms with Gasteiger partial charge in [-0.25, -0.2) is 54.0 Å². The summed E-state index contributed by atoms with van der Waals surface area (Å²) in [6.07, 6.45) is -13.5. The van der Waals surface area contributed by atoms with Crippen molar-refractivity contribution in [3.63, 3.8) is 0 Å². The van der Waals surface area contributed by atoms with E-state index >= 15 is 0 Å². The van der Waals surface area contributed by atoms with Gasteiger partial charge in [-0.05, 0) is 6.92 Å². The minimum atomic E-state index is -5.30. The van der Waals surface area contributed by atoms with Crippen molar-refractivity contribution >= 4 is 66.6 Å². The smallest absolute Gasteiger partial charge is 0.394 e. The quantitative estimate of drug-likeness (QED) is 0.0478. The van der Waals surface area contributed by atoms with Crippen molar-refractivity contribution < 1.29 is 76.8 Å². The molecule has 9 rings (SSSR count). The second kappa shape index (κ2) is 16.7. The number of phosphoric ester groups is 2. The zero-order valence-corrected chi connectivity index (χ0v) is 34.5. The molecule has 3 aliphatic rings. The number of nitrogen functional groups attached to an aromatic ring is 3. The van der Waals surface area contributed by atoms with Crippen molar-refractivity contribution in [2.75, 3.05) is 37.0 Å². The molecule has 3 saturated heterocycles. The molecule has 31 nitrogen and oxygen atoms in total. The highest BCUT2D eigenvalue weighted by Crippen LogP contribution is 2.53. The van der Waals surface area contributed by atoms with Crippen molar-refractivity contribution in [3.05, 3.63) is 37.5 Å². The van der Waals surface area contributed by atoms with E-state index in [1.54, 1.807) is 6.92 Å². The number of imidazole rings is 3. The molecule has 2 unspecified atom stereocenters. The number of aliphatic hydroxyl groups excluding tert-OH is 5. The van der Waals surface area contributed by atoms with Gasteiger partial charge in [0.25, 0.3) is 0 Å². The largest absolute Gasteiger partial charge is 0.472 e. The Hall–Kier alpha value is -5.05. The average Bonchev–Trinajstić information content (AvgIpc) is 4.11. The molecule has 3 fully saturated rings. The Morgan fingerprint density at radius 1 is 0.609 bits per heavy atom. The number of aliphatic hydroxyl groups is 5. The first-order chi connectivity index (χ1) is 30.5. The molecule has 0 aliphatic carbocycles. The van der Waals surface area contributed by atoms with E-state index in [2.05, 4.69) is 44.9 Å². The van der Waals surface area contributed by atoms with Crippen molar-refractivity contribution in [1.29, 1.82) is 0 Å². The molecule has 0 radical (unpaired) electrons. The first-order valence-electron chi connectivity index (χ1n) is 18.9. The number of aryl methyl sites for hydroxylation is 1. The molecule has 6 aromatic rings. The van der Waals surface area contributed by atoms with E-state index in [0.717, 1.165) is 19.0 Å². The van der Waals surface area contributed by atoms with Crippen LogP contribution in [0.25, 0.3) is 33.5 Å². The maximum atomic E-state index is 13.6. The predicted molar refractivity (Wildman–Crippen MR) is 208 cm³/mol. The normalized spacial score (nSPS) is 31.6. The maximum absolute atomic E-state index is 13.6. The van der Waals surface area contributed by atoms with Crippen LogP contribution in [-0.4, -0.2) is 169 Å².